The lowest BCUT2D eigenvalue weighted by atomic mass is 10.2. The molecule has 182 valence electrons. The highest BCUT2D eigenvalue weighted by Gasteiger charge is 2.39. The van der Waals surface area contributed by atoms with Crippen molar-refractivity contribution in [2.45, 2.75) is 38.9 Å². The van der Waals surface area contributed by atoms with E-state index in [9.17, 15) is 4.79 Å². The third-order valence-corrected chi connectivity index (χ3v) is 10.5. The number of carbonyl (C=O) groups is 1. The Morgan fingerprint density at radius 1 is 0.939 bits per heavy atom. The number of anilines is 3. The molecule has 0 aliphatic rings. The zero-order chi connectivity index (χ0) is 24.6. The van der Waals surface area contributed by atoms with E-state index in [1.165, 1.54) is 0 Å². The second-order valence-electron chi connectivity index (χ2n) is 9.22. The molecule has 2 N–H and O–H groups in total. The minimum absolute atomic E-state index is 0.0358. The molecule has 0 fully saturated rings. The van der Waals surface area contributed by atoms with E-state index < -0.39 is 8.32 Å². The first-order valence-electron chi connectivity index (χ1n) is 10.9. The van der Waals surface area contributed by atoms with Crippen LogP contribution in [0.25, 0.3) is 0 Å². The summed E-state index contributed by atoms with van der Waals surface area (Å²) in [6.45, 7) is 12.3. The van der Waals surface area contributed by atoms with E-state index in [1.54, 1.807) is 25.3 Å². The fourth-order valence-corrected chi connectivity index (χ4v) is 4.31. The van der Waals surface area contributed by atoms with Crippen LogP contribution in [0.2, 0.25) is 18.1 Å². The van der Waals surface area contributed by atoms with Crippen LogP contribution in [-0.2, 0) is 0 Å². The number of halogens is 2. The van der Waals surface area contributed by atoms with Gasteiger partial charge in [0.1, 0.15) is 5.75 Å². The van der Waals surface area contributed by atoms with Gasteiger partial charge in [0.15, 0.2) is 5.75 Å². The van der Waals surface area contributed by atoms with E-state index in [0.29, 0.717) is 47.7 Å². The Morgan fingerprint density at radius 2 is 1.48 bits per heavy atom. The minimum Gasteiger partial charge on any atom is -0.541 e. The second-order valence-corrected chi connectivity index (χ2v) is 14.7. The average Bonchev–Trinajstić information content (AvgIpc) is 2.73. The zero-order valence-electron chi connectivity index (χ0n) is 20.3. The number of urea groups is 1. The average molecular weight is 513 g/mol. The lowest BCUT2D eigenvalue weighted by Crippen LogP contribution is -2.43. The fourth-order valence-electron chi connectivity index (χ4n) is 2.89. The molecule has 0 atom stereocenters. The van der Waals surface area contributed by atoms with Crippen molar-refractivity contribution in [2.24, 2.45) is 0 Å². The number of ether oxygens (including phenoxy) is 1. The topological polar surface area (TPSA) is 62.8 Å². The number of benzene rings is 2. The van der Waals surface area contributed by atoms with Gasteiger partial charge in [0, 0.05) is 48.0 Å². The van der Waals surface area contributed by atoms with Crippen LogP contribution in [0.1, 0.15) is 20.8 Å². The van der Waals surface area contributed by atoms with Gasteiger partial charge in [-0.05, 0) is 54.5 Å². The maximum absolute atomic E-state index is 12.6. The largest absolute Gasteiger partial charge is 0.541 e. The molecule has 0 spiro atoms. The van der Waals surface area contributed by atoms with Gasteiger partial charge in [-0.3, -0.25) is 0 Å². The summed E-state index contributed by atoms with van der Waals surface area (Å²) in [5.74, 6) is 2.30. The Hall–Kier alpha value is -2.09. The molecule has 0 aromatic heterocycles. The Morgan fingerprint density at radius 3 is 2.00 bits per heavy atom. The van der Waals surface area contributed by atoms with Gasteiger partial charge in [-0.25, -0.2) is 4.79 Å². The molecule has 0 aliphatic heterocycles. The lowest BCUT2D eigenvalue weighted by molar-refractivity contribution is 0.262. The Bertz CT molecular complexity index is 912. The summed E-state index contributed by atoms with van der Waals surface area (Å²) in [5.41, 5.74) is 2.30. The molecule has 0 bridgehead atoms. The number of hydrogen-bond acceptors (Lipinski definition) is 4. The normalized spacial score (nSPS) is 11.6. The lowest BCUT2D eigenvalue weighted by Gasteiger charge is -2.36. The third-order valence-electron chi connectivity index (χ3n) is 5.79. The molecule has 2 rings (SSSR count). The summed E-state index contributed by atoms with van der Waals surface area (Å²) in [6, 6.07) is 12.6. The van der Waals surface area contributed by atoms with E-state index in [4.69, 9.17) is 32.4 Å². The number of rotatable bonds is 10. The van der Waals surface area contributed by atoms with Gasteiger partial charge in [0.2, 0.25) is 0 Å². The number of nitrogens with one attached hydrogen (secondary N) is 2. The third kappa shape index (κ3) is 7.73. The molecular weight excluding hydrogens is 477 g/mol. The van der Waals surface area contributed by atoms with Crippen molar-refractivity contribution < 1.29 is 14.0 Å². The maximum Gasteiger partial charge on any atom is 0.323 e. The Kier molecular flexibility index (Phi) is 9.76. The van der Waals surface area contributed by atoms with Gasteiger partial charge in [0.05, 0.1) is 7.11 Å². The second kappa shape index (κ2) is 11.9. The van der Waals surface area contributed by atoms with E-state index in [0.717, 1.165) is 5.69 Å². The molecule has 0 heterocycles. The van der Waals surface area contributed by atoms with Crippen LogP contribution < -0.4 is 24.7 Å². The summed E-state index contributed by atoms with van der Waals surface area (Å²) in [6.07, 6.45) is 0. The number of hydrogen-bond donors (Lipinski definition) is 2. The summed E-state index contributed by atoms with van der Waals surface area (Å²) >= 11 is 11.8. The smallest absolute Gasteiger partial charge is 0.323 e. The predicted molar refractivity (Wildman–Crippen MR) is 144 cm³/mol. The van der Waals surface area contributed by atoms with Crippen molar-refractivity contribution in [1.82, 2.24) is 0 Å². The number of carbonyl (C=O) groups excluding carboxylic acids is 1. The molecule has 2 aromatic rings. The highest BCUT2D eigenvalue weighted by molar-refractivity contribution is 6.74. The maximum atomic E-state index is 12.6. The number of alkyl halides is 2. The molecule has 0 unspecified atom stereocenters. The molecule has 0 saturated heterocycles. The highest BCUT2D eigenvalue weighted by Crippen LogP contribution is 2.40. The zero-order valence-corrected chi connectivity index (χ0v) is 22.8. The Balaban J connectivity index is 2.09. The van der Waals surface area contributed by atoms with Crippen LogP contribution in [0.15, 0.2) is 42.5 Å². The molecule has 0 radical (unpaired) electrons. The molecule has 33 heavy (non-hydrogen) atoms. The van der Waals surface area contributed by atoms with Crippen molar-refractivity contribution in [3.8, 4) is 11.5 Å². The van der Waals surface area contributed by atoms with Crippen molar-refractivity contribution in [3.63, 3.8) is 0 Å². The summed E-state index contributed by atoms with van der Waals surface area (Å²) in [7, 11) is -0.463. The van der Waals surface area contributed by atoms with Crippen LogP contribution in [0.3, 0.4) is 0 Å². The first-order valence-corrected chi connectivity index (χ1v) is 14.9. The van der Waals surface area contributed by atoms with Crippen LogP contribution >= 0.6 is 23.2 Å². The Labute approximate surface area is 208 Å². The van der Waals surface area contributed by atoms with Crippen LogP contribution in [0.4, 0.5) is 21.9 Å². The van der Waals surface area contributed by atoms with Crippen molar-refractivity contribution in [2.75, 3.05) is 47.5 Å². The molecule has 2 amide bonds. The van der Waals surface area contributed by atoms with E-state index in [-0.39, 0.29) is 11.1 Å². The van der Waals surface area contributed by atoms with Crippen molar-refractivity contribution >= 4 is 54.6 Å². The summed E-state index contributed by atoms with van der Waals surface area (Å²) in [4.78, 5) is 14.7. The minimum atomic E-state index is -2.07. The molecule has 2 aromatic carbocycles. The van der Waals surface area contributed by atoms with Crippen LogP contribution in [-0.4, -0.2) is 46.3 Å². The molecule has 0 aliphatic carbocycles. The standard InChI is InChI=1S/C24H35Cl2N3O3Si/c1-24(2,3)33(5,6)32-22-17-19(9-12-21(22)31-4)28-23(30)27-18-7-10-20(11-8-18)29(15-13-25)16-14-26/h7-12,17H,13-16H2,1-6H3,(H2,27,28,30). The summed E-state index contributed by atoms with van der Waals surface area (Å²) < 4.78 is 11.9. The SMILES string of the molecule is COc1ccc(NC(=O)Nc2ccc(N(CCCl)CCCl)cc2)cc1O[Si](C)(C)C(C)(C)C. The number of methoxy groups -OCH3 is 1. The molecule has 0 saturated carbocycles. The monoisotopic (exact) mass is 511 g/mol. The molecule has 6 nitrogen and oxygen atoms in total. The van der Waals surface area contributed by atoms with Gasteiger partial charge in [-0.15, -0.1) is 23.2 Å². The van der Waals surface area contributed by atoms with Gasteiger partial charge >= 0.3 is 6.03 Å². The molecular formula is C24H35Cl2N3O3Si. The highest BCUT2D eigenvalue weighted by atomic mass is 35.5. The predicted octanol–water partition coefficient (Wildman–Crippen LogP) is 7.01. The fraction of sp³-hybridized carbons (Fsp3) is 0.458. The van der Waals surface area contributed by atoms with Gasteiger partial charge in [-0.1, -0.05) is 20.8 Å². The quantitative estimate of drug-likeness (QED) is 0.266. The first kappa shape index (κ1) is 27.2. The van der Waals surface area contributed by atoms with E-state index in [1.807, 2.05) is 24.3 Å². The first-order chi connectivity index (χ1) is 15.5. The van der Waals surface area contributed by atoms with E-state index >= 15 is 0 Å². The van der Waals surface area contributed by atoms with E-state index in [2.05, 4.69) is 49.4 Å². The number of nitrogens with zero attached hydrogens (tertiary/aromatic N) is 1. The van der Waals surface area contributed by atoms with Gasteiger partial charge in [-0.2, -0.15) is 0 Å². The van der Waals surface area contributed by atoms with Crippen LogP contribution in [0, 0.1) is 0 Å². The van der Waals surface area contributed by atoms with Gasteiger partial charge < -0.3 is 24.7 Å². The molecule has 9 heteroatoms. The number of amides is 2. The van der Waals surface area contributed by atoms with Gasteiger partial charge in [0.25, 0.3) is 8.32 Å². The summed E-state index contributed by atoms with van der Waals surface area (Å²) in [5, 5.41) is 5.76. The van der Waals surface area contributed by atoms with Crippen molar-refractivity contribution in [1.29, 1.82) is 0 Å². The van der Waals surface area contributed by atoms with Crippen LogP contribution in [0.5, 0.6) is 11.5 Å². The van der Waals surface area contributed by atoms with Crippen molar-refractivity contribution in [3.05, 3.63) is 42.5 Å².